The number of amides is 1. The van der Waals surface area contributed by atoms with Crippen molar-refractivity contribution in [1.82, 2.24) is 5.43 Å². The Kier molecular flexibility index (Phi) is 4.96. The number of anilines is 1. The van der Waals surface area contributed by atoms with Crippen molar-refractivity contribution in [2.75, 3.05) is 12.1 Å². The first-order valence-corrected chi connectivity index (χ1v) is 7.95. The van der Waals surface area contributed by atoms with E-state index in [9.17, 15) is 4.79 Å². The zero-order valence-corrected chi connectivity index (χ0v) is 13.6. The Hall–Kier alpha value is -3.01. The normalized spacial score (nSPS) is 10.4. The first-order valence-electron chi connectivity index (χ1n) is 7.95. The van der Waals surface area contributed by atoms with Crippen LogP contribution in [0.2, 0.25) is 0 Å². The Bertz CT molecular complexity index is 782. The minimum atomic E-state index is -0.0426. The van der Waals surface area contributed by atoms with E-state index in [1.165, 1.54) is 0 Å². The van der Waals surface area contributed by atoms with E-state index >= 15 is 0 Å². The molecule has 24 heavy (non-hydrogen) atoms. The van der Waals surface area contributed by atoms with E-state index in [0.717, 1.165) is 22.8 Å². The lowest BCUT2D eigenvalue weighted by atomic mass is 10.2. The Balaban J connectivity index is 1.53. The minimum absolute atomic E-state index is 0.0426. The summed E-state index contributed by atoms with van der Waals surface area (Å²) < 4.78 is 5.82. The fourth-order valence-electron chi connectivity index (χ4n) is 2.47. The predicted molar refractivity (Wildman–Crippen MR) is 95.5 cm³/mol. The van der Waals surface area contributed by atoms with Crippen LogP contribution in [0.5, 0.6) is 0 Å². The summed E-state index contributed by atoms with van der Waals surface area (Å²) >= 11 is 0. The number of furan rings is 1. The number of carbonyl (C=O) groups excluding carboxylic acids is 1. The van der Waals surface area contributed by atoms with Crippen LogP contribution in [0.4, 0.5) is 5.69 Å². The van der Waals surface area contributed by atoms with Crippen LogP contribution in [0.25, 0.3) is 11.3 Å². The number of para-hydroxylation sites is 1. The first kappa shape index (κ1) is 15.9. The monoisotopic (exact) mass is 320 g/mol. The topological polar surface area (TPSA) is 45.5 Å². The molecule has 3 rings (SSSR count). The molecule has 0 aliphatic carbocycles. The van der Waals surface area contributed by atoms with Gasteiger partial charge in [-0.2, -0.15) is 0 Å². The van der Waals surface area contributed by atoms with Crippen LogP contribution in [0.3, 0.4) is 0 Å². The number of carbonyl (C=O) groups is 1. The van der Waals surface area contributed by atoms with Crippen LogP contribution in [0.15, 0.2) is 77.2 Å². The van der Waals surface area contributed by atoms with Gasteiger partial charge in [-0.1, -0.05) is 48.5 Å². The quantitative estimate of drug-likeness (QED) is 0.697. The van der Waals surface area contributed by atoms with E-state index in [1.54, 1.807) is 5.01 Å². The van der Waals surface area contributed by atoms with E-state index in [4.69, 9.17) is 4.42 Å². The molecule has 3 aromatic rings. The molecule has 4 nitrogen and oxygen atoms in total. The van der Waals surface area contributed by atoms with Gasteiger partial charge in [-0.25, -0.2) is 0 Å². The van der Waals surface area contributed by atoms with Crippen LogP contribution < -0.4 is 10.4 Å². The van der Waals surface area contributed by atoms with Gasteiger partial charge in [0.15, 0.2) is 0 Å². The second kappa shape index (κ2) is 7.51. The molecule has 0 radical (unpaired) electrons. The van der Waals surface area contributed by atoms with Gasteiger partial charge in [0, 0.05) is 25.5 Å². The Morgan fingerprint density at radius 2 is 1.62 bits per heavy atom. The molecule has 4 heteroatoms. The molecule has 1 heterocycles. The molecule has 122 valence electrons. The third-order valence-corrected chi connectivity index (χ3v) is 3.75. The molecule has 1 aromatic heterocycles. The highest BCUT2D eigenvalue weighted by Crippen LogP contribution is 2.22. The molecule has 2 aromatic carbocycles. The lowest BCUT2D eigenvalue weighted by Crippen LogP contribution is -2.39. The summed E-state index contributed by atoms with van der Waals surface area (Å²) in [7, 11) is 1.83. The highest BCUT2D eigenvalue weighted by molar-refractivity contribution is 5.78. The van der Waals surface area contributed by atoms with Gasteiger partial charge >= 0.3 is 0 Å². The summed E-state index contributed by atoms with van der Waals surface area (Å²) in [5.41, 5.74) is 4.84. The zero-order valence-electron chi connectivity index (χ0n) is 13.6. The SMILES string of the molecule is CN(NC(=O)CCc1ccc(-c2ccccc2)o1)c1ccccc1. The predicted octanol–water partition coefficient (Wildman–Crippen LogP) is 4.05. The standard InChI is InChI=1S/C20H20N2O2/c1-22(17-10-6-3-7-11-17)21-20(23)15-13-18-12-14-19(24-18)16-8-4-2-5-9-16/h2-12,14H,13,15H2,1H3,(H,21,23). The van der Waals surface area contributed by atoms with Gasteiger partial charge in [-0.05, 0) is 24.3 Å². The summed E-state index contributed by atoms with van der Waals surface area (Å²) in [4.78, 5) is 12.1. The lowest BCUT2D eigenvalue weighted by Gasteiger charge is -2.20. The van der Waals surface area contributed by atoms with Crippen LogP contribution >= 0.6 is 0 Å². The summed E-state index contributed by atoms with van der Waals surface area (Å²) in [5.74, 6) is 1.60. The summed E-state index contributed by atoms with van der Waals surface area (Å²) in [6, 6.07) is 23.5. The molecule has 0 aliphatic rings. The van der Waals surface area contributed by atoms with Gasteiger partial charge in [-0.15, -0.1) is 0 Å². The van der Waals surface area contributed by atoms with Crippen molar-refractivity contribution in [2.24, 2.45) is 0 Å². The molecule has 1 amide bonds. The van der Waals surface area contributed by atoms with Gasteiger partial charge in [0.05, 0.1) is 5.69 Å². The highest BCUT2D eigenvalue weighted by atomic mass is 16.3. The molecule has 0 bridgehead atoms. The maximum absolute atomic E-state index is 12.1. The average molecular weight is 320 g/mol. The second-order valence-corrected chi connectivity index (χ2v) is 5.56. The van der Waals surface area contributed by atoms with Crippen molar-refractivity contribution < 1.29 is 9.21 Å². The molecular formula is C20H20N2O2. The minimum Gasteiger partial charge on any atom is -0.461 e. The van der Waals surface area contributed by atoms with Gasteiger partial charge in [0.1, 0.15) is 11.5 Å². The molecule has 1 N–H and O–H groups in total. The van der Waals surface area contributed by atoms with E-state index in [0.29, 0.717) is 12.8 Å². The fourth-order valence-corrected chi connectivity index (χ4v) is 2.47. The molecule has 0 aliphatic heterocycles. The Labute approximate surface area is 141 Å². The van der Waals surface area contributed by atoms with Crippen LogP contribution in [-0.2, 0) is 11.2 Å². The van der Waals surface area contributed by atoms with Gasteiger partial charge in [0.2, 0.25) is 5.91 Å². The molecule has 0 unspecified atom stereocenters. The maximum Gasteiger partial charge on any atom is 0.238 e. The number of hydrogen-bond acceptors (Lipinski definition) is 3. The van der Waals surface area contributed by atoms with Gasteiger partial charge in [-0.3, -0.25) is 15.2 Å². The highest BCUT2D eigenvalue weighted by Gasteiger charge is 2.09. The van der Waals surface area contributed by atoms with Crippen molar-refractivity contribution in [1.29, 1.82) is 0 Å². The maximum atomic E-state index is 12.1. The van der Waals surface area contributed by atoms with E-state index in [2.05, 4.69) is 5.43 Å². The number of nitrogens with one attached hydrogen (secondary N) is 1. The lowest BCUT2D eigenvalue weighted by molar-refractivity contribution is -0.121. The van der Waals surface area contributed by atoms with Crippen molar-refractivity contribution >= 4 is 11.6 Å². The summed E-state index contributed by atoms with van der Waals surface area (Å²) in [5, 5.41) is 1.72. The van der Waals surface area contributed by atoms with E-state index < -0.39 is 0 Å². The fraction of sp³-hybridized carbons (Fsp3) is 0.150. The van der Waals surface area contributed by atoms with Gasteiger partial charge in [0.25, 0.3) is 0 Å². The number of rotatable bonds is 6. The summed E-state index contributed by atoms with van der Waals surface area (Å²) in [6.45, 7) is 0. The van der Waals surface area contributed by atoms with Crippen LogP contribution in [-0.4, -0.2) is 13.0 Å². The number of aryl methyl sites for hydroxylation is 1. The summed E-state index contributed by atoms with van der Waals surface area (Å²) in [6.07, 6.45) is 0.945. The third-order valence-electron chi connectivity index (χ3n) is 3.75. The largest absolute Gasteiger partial charge is 0.461 e. The second-order valence-electron chi connectivity index (χ2n) is 5.56. The average Bonchev–Trinajstić information content (AvgIpc) is 3.10. The van der Waals surface area contributed by atoms with Crippen molar-refractivity contribution in [3.63, 3.8) is 0 Å². The molecule has 0 atom stereocenters. The van der Waals surface area contributed by atoms with Crippen molar-refractivity contribution in [3.05, 3.63) is 78.6 Å². The number of benzene rings is 2. The Morgan fingerprint density at radius 3 is 2.33 bits per heavy atom. The molecule has 0 fully saturated rings. The van der Waals surface area contributed by atoms with Crippen LogP contribution in [0.1, 0.15) is 12.2 Å². The van der Waals surface area contributed by atoms with Crippen molar-refractivity contribution in [2.45, 2.75) is 12.8 Å². The molecule has 0 spiro atoms. The van der Waals surface area contributed by atoms with Crippen LogP contribution in [0, 0.1) is 0 Å². The third kappa shape index (κ3) is 4.04. The number of hydrazine groups is 1. The first-order chi connectivity index (χ1) is 11.7. The molecule has 0 saturated carbocycles. The zero-order chi connectivity index (χ0) is 16.8. The number of nitrogens with zero attached hydrogens (tertiary/aromatic N) is 1. The van der Waals surface area contributed by atoms with Gasteiger partial charge < -0.3 is 4.42 Å². The van der Waals surface area contributed by atoms with E-state index in [1.807, 2.05) is 79.8 Å². The Morgan fingerprint density at radius 1 is 0.958 bits per heavy atom. The van der Waals surface area contributed by atoms with Crippen molar-refractivity contribution in [3.8, 4) is 11.3 Å². The molecular weight excluding hydrogens is 300 g/mol. The smallest absolute Gasteiger partial charge is 0.238 e. The molecule has 0 saturated heterocycles. The number of hydrogen-bond donors (Lipinski definition) is 1. The van der Waals surface area contributed by atoms with E-state index in [-0.39, 0.29) is 5.91 Å².